The zero-order valence-corrected chi connectivity index (χ0v) is 11.9. The van der Waals surface area contributed by atoms with Gasteiger partial charge in [0.2, 0.25) is 0 Å². The van der Waals surface area contributed by atoms with Gasteiger partial charge in [-0.2, -0.15) is 0 Å². The van der Waals surface area contributed by atoms with E-state index in [2.05, 4.69) is 30.3 Å². The standard InChI is InChI=1S/C12H19ClN2OS/c1-9(11-3-4-12(13)17-11)14-7-10-8-15(2)5-6-16-10/h3-4,9-10,14H,5-8H2,1-2H3. The predicted octanol–water partition coefficient (Wildman–Crippen LogP) is 2.38. The monoisotopic (exact) mass is 274 g/mol. The quantitative estimate of drug-likeness (QED) is 0.912. The van der Waals surface area contributed by atoms with Crippen molar-refractivity contribution in [3.8, 4) is 0 Å². The van der Waals surface area contributed by atoms with Gasteiger partial charge in [-0.15, -0.1) is 11.3 Å². The summed E-state index contributed by atoms with van der Waals surface area (Å²) >= 11 is 7.57. The minimum atomic E-state index is 0.298. The zero-order chi connectivity index (χ0) is 12.3. The van der Waals surface area contributed by atoms with Crippen LogP contribution in [0.3, 0.4) is 0 Å². The molecule has 0 spiro atoms. The van der Waals surface area contributed by atoms with Crippen LogP contribution in [0.1, 0.15) is 17.8 Å². The molecule has 1 aliphatic rings. The third-order valence-corrected chi connectivity index (χ3v) is 4.43. The van der Waals surface area contributed by atoms with Crippen molar-refractivity contribution in [2.45, 2.75) is 19.1 Å². The molecule has 1 aliphatic heterocycles. The van der Waals surface area contributed by atoms with E-state index in [0.717, 1.165) is 30.6 Å². The molecule has 17 heavy (non-hydrogen) atoms. The summed E-state index contributed by atoms with van der Waals surface area (Å²) in [7, 11) is 2.14. The molecule has 1 saturated heterocycles. The number of nitrogens with one attached hydrogen (secondary N) is 1. The number of hydrogen-bond donors (Lipinski definition) is 1. The number of likely N-dealkylation sites (N-methyl/N-ethyl adjacent to an activating group) is 1. The maximum atomic E-state index is 5.93. The Labute approximate surface area is 112 Å². The smallest absolute Gasteiger partial charge is 0.0931 e. The van der Waals surface area contributed by atoms with Crippen LogP contribution in [0.4, 0.5) is 0 Å². The highest BCUT2D eigenvalue weighted by atomic mass is 35.5. The van der Waals surface area contributed by atoms with Crippen LogP contribution in [0, 0.1) is 0 Å². The highest BCUT2D eigenvalue weighted by Gasteiger charge is 2.18. The number of hydrogen-bond acceptors (Lipinski definition) is 4. The summed E-state index contributed by atoms with van der Waals surface area (Å²) in [6.07, 6.45) is 0.298. The molecule has 1 N–H and O–H groups in total. The number of morpholine rings is 1. The van der Waals surface area contributed by atoms with Crippen molar-refractivity contribution in [3.63, 3.8) is 0 Å². The van der Waals surface area contributed by atoms with Gasteiger partial charge < -0.3 is 15.0 Å². The molecule has 2 heterocycles. The molecule has 2 rings (SSSR count). The number of ether oxygens (including phenoxy) is 1. The van der Waals surface area contributed by atoms with E-state index in [-0.39, 0.29) is 0 Å². The summed E-state index contributed by atoms with van der Waals surface area (Å²) in [5.41, 5.74) is 0. The fourth-order valence-corrected chi connectivity index (χ4v) is 3.05. The molecule has 1 aromatic rings. The highest BCUT2D eigenvalue weighted by Crippen LogP contribution is 2.26. The zero-order valence-electron chi connectivity index (χ0n) is 10.3. The van der Waals surface area contributed by atoms with Crippen molar-refractivity contribution < 1.29 is 4.74 Å². The van der Waals surface area contributed by atoms with Crippen LogP contribution >= 0.6 is 22.9 Å². The summed E-state index contributed by atoms with van der Waals surface area (Å²) < 4.78 is 6.56. The molecule has 1 aromatic heterocycles. The lowest BCUT2D eigenvalue weighted by molar-refractivity contribution is -0.0190. The molecule has 0 radical (unpaired) electrons. The first kappa shape index (κ1) is 13.3. The Kier molecular flexibility index (Phi) is 4.82. The topological polar surface area (TPSA) is 24.5 Å². The molecular weight excluding hydrogens is 256 g/mol. The third-order valence-electron chi connectivity index (χ3n) is 3.01. The lowest BCUT2D eigenvalue weighted by atomic mass is 10.2. The van der Waals surface area contributed by atoms with Gasteiger partial charge in [0.15, 0.2) is 0 Å². The van der Waals surface area contributed by atoms with Gasteiger partial charge >= 0.3 is 0 Å². The molecule has 0 amide bonds. The van der Waals surface area contributed by atoms with Crippen LogP contribution in [-0.4, -0.2) is 44.3 Å². The number of halogens is 1. The predicted molar refractivity (Wildman–Crippen MR) is 73.0 cm³/mol. The fourth-order valence-electron chi connectivity index (χ4n) is 1.96. The van der Waals surface area contributed by atoms with Gasteiger partial charge in [0.1, 0.15) is 0 Å². The number of thiophene rings is 1. The van der Waals surface area contributed by atoms with Crippen LogP contribution in [-0.2, 0) is 4.74 Å². The van der Waals surface area contributed by atoms with Gasteiger partial charge in [0, 0.05) is 30.6 Å². The van der Waals surface area contributed by atoms with Gasteiger partial charge in [-0.1, -0.05) is 11.6 Å². The Bertz CT molecular complexity index is 358. The van der Waals surface area contributed by atoms with Crippen molar-refractivity contribution in [3.05, 3.63) is 21.3 Å². The maximum absolute atomic E-state index is 5.93. The van der Waals surface area contributed by atoms with Crippen molar-refractivity contribution in [1.82, 2.24) is 10.2 Å². The molecule has 0 aliphatic carbocycles. The summed E-state index contributed by atoms with van der Waals surface area (Å²) in [5, 5.41) is 3.50. The SMILES string of the molecule is CC(NCC1CN(C)CCO1)c1ccc(Cl)s1. The first-order valence-corrected chi connectivity index (χ1v) is 7.13. The van der Waals surface area contributed by atoms with Crippen LogP contribution < -0.4 is 5.32 Å². The molecule has 3 nitrogen and oxygen atoms in total. The van der Waals surface area contributed by atoms with E-state index in [0.29, 0.717) is 12.1 Å². The highest BCUT2D eigenvalue weighted by molar-refractivity contribution is 7.16. The molecule has 2 unspecified atom stereocenters. The third kappa shape index (κ3) is 3.93. The van der Waals surface area contributed by atoms with E-state index < -0.39 is 0 Å². The Morgan fingerprint density at radius 2 is 2.47 bits per heavy atom. The molecule has 2 atom stereocenters. The van der Waals surface area contributed by atoms with Gasteiger partial charge in [-0.3, -0.25) is 0 Å². The van der Waals surface area contributed by atoms with Gasteiger partial charge in [-0.05, 0) is 26.1 Å². The first-order valence-electron chi connectivity index (χ1n) is 5.94. The lowest BCUT2D eigenvalue weighted by Crippen LogP contribution is -2.45. The maximum Gasteiger partial charge on any atom is 0.0931 e. The van der Waals surface area contributed by atoms with Crippen molar-refractivity contribution in [2.75, 3.05) is 33.3 Å². The van der Waals surface area contributed by atoms with Crippen molar-refractivity contribution in [2.24, 2.45) is 0 Å². The normalized spacial score (nSPS) is 23.8. The Morgan fingerprint density at radius 3 is 3.12 bits per heavy atom. The van der Waals surface area contributed by atoms with Crippen LogP contribution in [0.25, 0.3) is 0 Å². The van der Waals surface area contributed by atoms with E-state index in [1.807, 2.05) is 6.07 Å². The fraction of sp³-hybridized carbons (Fsp3) is 0.667. The van der Waals surface area contributed by atoms with Gasteiger partial charge in [-0.25, -0.2) is 0 Å². The van der Waals surface area contributed by atoms with Crippen LogP contribution in [0.15, 0.2) is 12.1 Å². The summed E-state index contributed by atoms with van der Waals surface area (Å²) in [6, 6.07) is 4.37. The molecule has 0 aromatic carbocycles. The van der Waals surface area contributed by atoms with Crippen LogP contribution in [0.2, 0.25) is 4.34 Å². The lowest BCUT2D eigenvalue weighted by Gasteiger charge is -2.30. The Hall–Kier alpha value is -0.130. The molecule has 96 valence electrons. The van der Waals surface area contributed by atoms with E-state index in [9.17, 15) is 0 Å². The summed E-state index contributed by atoms with van der Waals surface area (Å²) in [4.78, 5) is 3.59. The van der Waals surface area contributed by atoms with Crippen molar-refractivity contribution in [1.29, 1.82) is 0 Å². The number of rotatable bonds is 4. The molecular formula is C12H19ClN2OS. The summed E-state index contributed by atoms with van der Waals surface area (Å²) in [5.74, 6) is 0. The second-order valence-electron chi connectivity index (χ2n) is 4.53. The largest absolute Gasteiger partial charge is 0.374 e. The van der Waals surface area contributed by atoms with Gasteiger partial charge in [0.25, 0.3) is 0 Å². The molecule has 5 heteroatoms. The van der Waals surface area contributed by atoms with E-state index in [4.69, 9.17) is 16.3 Å². The summed E-state index contributed by atoms with van der Waals surface area (Å²) in [6.45, 7) is 5.93. The average molecular weight is 275 g/mol. The van der Waals surface area contributed by atoms with E-state index in [1.165, 1.54) is 4.88 Å². The second kappa shape index (κ2) is 6.16. The molecule has 0 saturated carbocycles. The van der Waals surface area contributed by atoms with Crippen LogP contribution in [0.5, 0.6) is 0 Å². The Morgan fingerprint density at radius 1 is 1.65 bits per heavy atom. The second-order valence-corrected chi connectivity index (χ2v) is 6.27. The minimum Gasteiger partial charge on any atom is -0.374 e. The first-order chi connectivity index (χ1) is 8.15. The molecule has 1 fully saturated rings. The minimum absolute atomic E-state index is 0.298. The molecule has 0 bridgehead atoms. The Balaban J connectivity index is 1.77. The number of nitrogens with zero attached hydrogens (tertiary/aromatic N) is 1. The van der Waals surface area contributed by atoms with E-state index >= 15 is 0 Å². The average Bonchev–Trinajstić information content (AvgIpc) is 2.73. The van der Waals surface area contributed by atoms with E-state index in [1.54, 1.807) is 11.3 Å². The van der Waals surface area contributed by atoms with Crippen molar-refractivity contribution >= 4 is 22.9 Å². The van der Waals surface area contributed by atoms with Gasteiger partial charge in [0.05, 0.1) is 17.0 Å².